The smallest absolute Gasteiger partial charge is 0.341 e. The van der Waals surface area contributed by atoms with Crippen molar-refractivity contribution in [1.82, 2.24) is 0 Å². The molecule has 0 saturated heterocycles. The normalized spacial score (nSPS) is 17.4. The fraction of sp³-hybridized carbons (Fsp3) is 0.0909. The average Bonchev–Trinajstić information content (AvgIpc) is 2.75. The van der Waals surface area contributed by atoms with E-state index in [1.165, 1.54) is 0 Å². The zero-order valence-electron chi connectivity index (χ0n) is 14.7. The van der Waals surface area contributed by atoms with E-state index in [0.717, 1.165) is 0 Å². The van der Waals surface area contributed by atoms with Crippen molar-refractivity contribution in [2.75, 3.05) is 0 Å². The van der Waals surface area contributed by atoms with Crippen molar-refractivity contribution in [3.63, 3.8) is 0 Å². The Kier molecular flexibility index (Phi) is 4.93. The number of hydrogen-bond donors (Lipinski definition) is 0. The van der Waals surface area contributed by atoms with E-state index in [2.05, 4.69) is 0 Å². The van der Waals surface area contributed by atoms with E-state index in [9.17, 15) is 9.59 Å². The van der Waals surface area contributed by atoms with Gasteiger partial charge in [0.15, 0.2) is 11.5 Å². The van der Waals surface area contributed by atoms with Crippen molar-refractivity contribution >= 4 is 11.9 Å². The molecule has 0 bridgehead atoms. The van der Waals surface area contributed by atoms with E-state index < -0.39 is 24.5 Å². The Morgan fingerprint density at radius 1 is 0.571 bits per heavy atom. The van der Waals surface area contributed by atoms with Gasteiger partial charge in [0.05, 0.1) is 11.1 Å². The summed E-state index contributed by atoms with van der Waals surface area (Å²) in [6.45, 7) is 0. The Balaban J connectivity index is 1.56. The number of esters is 2. The van der Waals surface area contributed by atoms with Crippen LogP contribution in [0.5, 0.6) is 11.5 Å². The van der Waals surface area contributed by atoms with Gasteiger partial charge in [0.1, 0.15) is 0 Å². The Hall–Kier alpha value is -3.80. The van der Waals surface area contributed by atoms with Gasteiger partial charge in [-0.15, -0.1) is 0 Å². The molecule has 6 nitrogen and oxygen atoms in total. The Labute approximate surface area is 161 Å². The number of benzene rings is 3. The quantitative estimate of drug-likeness (QED) is 0.645. The SMILES string of the molecule is O=C(O[C@@H]1Oc2ccccc2O[C@@H]1OC(=O)c1ccccc1)c1ccccc1. The largest absolute Gasteiger partial charge is 0.444 e. The van der Waals surface area contributed by atoms with Gasteiger partial charge in [-0.3, -0.25) is 0 Å². The summed E-state index contributed by atoms with van der Waals surface area (Å²) in [4.78, 5) is 24.9. The van der Waals surface area contributed by atoms with Gasteiger partial charge in [-0.05, 0) is 36.4 Å². The zero-order valence-corrected chi connectivity index (χ0v) is 14.7. The second-order valence-electron chi connectivity index (χ2n) is 5.96. The maximum absolute atomic E-state index is 12.4. The maximum Gasteiger partial charge on any atom is 0.341 e. The van der Waals surface area contributed by atoms with Crippen molar-refractivity contribution in [2.24, 2.45) is 0 Å². The van der Waals surface area contributed by atoms with Gasteiger partial charge in [-0.25, -0.2) is 9.59 Å². The van der Waals surface area contributed by atoms with Crippen molar-refractivity contribution < 1.29 is 28.5 Å². The van der Waals surface area contributed by atoms with Gasteiger partial charge in [0.2, 0.25) is 0 Å². The number of rotatable bonds is 4. The molecule has 0 radical (unpaired) electrons. The Bertz CT molecular complexity index is 890. The van der Waals surface area contributed by atoms with E-state index in [1.807, 2.05) is 0 Å². The second kappa shape index (κ2) is 7.84. The fourth-order valence-corrected chi connectivity index (χ4v) is 2.66. The van der Waals surface area contributed by atoms with Crippen LogP contribution in [0.3, 0.4) is 0 Å². The topological polar surface area (TPSA) is 71.1 Å². The highest BCUT2D eigenvalue weighted by atomic mass is 16.8. The molecule has 0 aromatic heterocycles. The van der Waals surface area contributed by atoms with Crippen LogP contribution in [-0.2, 0) is 9.47 Å². The number of ether oxygens (including phenoxy) is 4. The first kappa shape index (κ1) is 17.6. The molecule has 0 N–H and O–H groups in total. The summed E-state index contributed by atoms with van der Waals surface area (Å²) in [5.74, 6) is -0.454. The van der Waals surface area contributed by atoms with Crippen LogP contribution in [0, 0.1) is 0 Å². The van der Waals surface area contributed by atoms with E-state index in [1.54, 1.807) is 84.9 Å². The van der Waals surface area contributed by atoms with Crippen molar-refractivity contribution in [3.8, 4) is 11.5 Å². The average molecular weight is 376 g/mol. The first-order valence-electron chi connectivity index (χ1n) is 8.65. The molecule has 0 spiro atoms. The molecule has 1 heterocycles. The summed E-state index contributed by atoms with van der Waals surface area (Å²) in [7, 11) is 0. The van der Waals surface area contributed by atoms with E-state index in [4.69, 9.17) is 18.9 Å². The first-order chi connectivity index (χ1) is 13.7. The van der Waals surface area contributed by atoms with Crippen LogP contribution in [0.25, 0.3) is 0 Å². The molecule has 3 aromatic carbocycles. The van der Waals surface area contributed by atoms with Crippen molar-refractivity contribution in [1.29, 1.82) is 0 Å². The standard InChI is InChI=1S/C22H16O6/c23-19(15-9-3-1-4-10-15)27-21-22(26-18-14-8-7-13-17(18)25-21)28-20(24)16-11-5-2-6-12-16/h1-14,21-22H/t21-,22+. The number of para-hydroxylation sites is 2. The predicted octanol–water partition coefficient (Wildman–Crippen LogP) is 3.82. The van der Waals surface area contributed by atoms with Gasteiger partial charge in [0, 0.05) is 0 Å². The molecule has 3 aromatic rings. The van der Waals surface area contributed by atoms with Gasteiger partial charge in [0.25, 0.3) is 0 Å². The zero-order chi connectivity index (χ0) is 19.3. The van der Waals surface area contributed by atoms with Crippen LogP contribution in [-0.4, -0.2) is 24.5 Å². The Morgan fingerprint density at radius 3 is 1.32 bits per heavy atom. The highest BCUT2D eigenvalue weighted by molar-refractivity contribution is 5.90. The summed E-state index contributed by atoms with van der Waals surface area (Å²) in [5.41, 5.74) is 0.691. The summed E-state index contributed by atoms with van der Waals surface area (Å²) in [6.07, 6.45) is -2.51. The molecular formula is C22H16O6. The molecule has 2 atom stereocenters. The fourth-order valence-electron chi connectivity index (χ4n) is 2.66. The lowest BCUT2D eigenvalue weighted by Crippen LogP contribution is -2.45. The monoisotopic (exact) mass is 376 g/mol. The number of fused-ring (bicyclic) bond motifs is 1. The van der Waals surface area contributed by atoms with Crippen LogP contribution in [0.4, 0.5) is 0 Å². The van der Waals surface area contributed by atoms with Crippen LogP contribution >= 0.6 is 0 Å². The molecule has 6 heteroatoms. The lowest BCUT2D eigenvalue weighted by Gasteiger charge is -2.32. The highest BCUT2D eigenvalue weighted by Crippen LogP contribution is 2.34. The molecule has 0 saturated carbocycles. The second-order valence-corrected chi connectivity index (χ2v) is 5.96. The molecule has 140 valence electrons. The molecule has 0 unspecified atom stereocenters. The minimum absolute atomic E-state index is 0.345. The molecule has 0 fully saturated rings. The molecule has 0 aliphatic carbocycles. The lowest BCUT2D eigenvalue weighted by atomic mass is 10.2. The van der Waals surface area contributed by atoms with Crippen LogP contribution in [0.1, 0.15) is 20.7 Å². The summed E-state index contributed by atoms with van der Waals surface area (Å²) < 4.78 is 22.3. The van der Waals surface area contributed by atoms with E-state index >= 15 is 0 Å². The van der Waals surface area contributed by atoms with E-state index in [-0.39, 0.29) is 0 Å². The summed E-state index contributed by atoms with van der Waals surface area (Å²) in [5, 5.41) is 0. The number of hydrogen-bond acceptors (Lipinski definition) is 6. The predicted molar refractivity (Wildman–Crippen MR) is 99.0 cm³/mol. The van der Waals surface area contributed by atoms with Crippen molar-refractivity contribution in [2.45, 2.75) is 12.6 Å². The third-order valence-electron chi connectivity index (χ3n) is 4.02. The lowest BCUT2D eigenvalue weighted by molar-refractivity contribution is -0.200. The summed E-state index contributed by atoms with van der Waals surface area (Å²) in [6, 6.07) is 23.8. The number of carbonyl (C=O) groups excluding carboxylic acids is 2. The first-order valence-corrected chi connectivity index (χ1v) is 8.65. The molecule has 28 heavy (non-hydrogen) atoms. The van der Waals surface area contributed by atoms with E-state index in [0.29, 0.717) is 22.6 Å². The van der Waals surface area contributed by atoms with Crippen molar-refractivity contribution in [3.05, 3.63) is 96.1 Å². The minimum atomic E-state index is -1.25. The molecular weight excluding hydrogens is 360 g/mol. The summed E-state index contributed by atoms with van der Waals surface area (Å²) >= 11 is 0. The molecule has 4 rings (SSSR count). The van der Waals surface area contributed by atoms with Gasteiger partial charge < -0.3 is 18.9 Å². The van der Waals surface area contributed by atoms with Crippen LogP contribution in [0.15, 0.2) is 84.9 Å². The Morgan fingerprint density at radius 2 is 0.929 bits per heavy atom. The van der Waals surface area contributed by atoms with Gasteiger partial charge in [-0.2, -0.15) is 0 Å². The van der Waals surface area contributed by atoms with Crippen LogP contribution < -0.4 is 9.47 Å². The number of carbonyl (C=O) groups is 2. The minimum Gasteiger partial charge on any atom is -0.444 e. The molecule has 0 amide bonds. The highest BCUT2D eigenvalue weighted by Gasteiger charge is 2.38. The third kappa shape index (κ3) is 3.81. The van der Waals surface area contributed by atoms with Gasteiger partial charge in [-0.1, -0.05) is 48.5 Å². The van der Waals surface area contributed by atoms with Crippen LogP contribution in [0.2, 0.25) is 0 Å². The maximum atomic E-state index is 12.4. The molecule has 1 aliphatic heterocycles. The molecule has 1 aliphatic rings. The third-order valence-corrected chi connectivity index (χ3v) is 4.02. The van der Waals surface area contributed by atoms with Gasteiger partial charge >= 0.3 is 24.5 Å².